The van der Waals surface area contributed by atoms with Crippen LogP contribution in [0.4, 0.5) is 0 Å². The first kappa shape index (κ1) is 18.0. The Kier molecular flexibility index (Phi) is 5.48. The van der Waals surface area contributed by atoms with Gasteiger partial charge in [-0.05, 0) is 46.0 Å². The first-order valence-electron chi connectivity index (χ1n) is 8.89. The maximum Gasteiger partial charge on any atom is 0.144 e. The molecule has 4 heteroatoms. The predicted molar refractivity (Wildman–Crippen MR) is 108 cm³/mol. The van der Waals surface area contributed by atoms with Crippen LogP contribution in [0.5, 0.6) is 5.75 Å². The number of ether oxygens (including phenoxy) is 1. The number of halogens is 1. The summed E-state index contributed by atoms with van der Waals surface area (Å²) in [6.07, 6.45) is 2.25. The molecule has 0 saturated heterocycles. The standard InChI is InChI=1S/C21H25BrN2O/c1-5-6-13-24-20-18(25-4)12-11-17(22)19(20)23-21(24)16-9-7-15(8-10-16)14(2)3/h7-12,14H,5-6,13H2,1-4H3. The van der Waals surface area contributed by atoms with Gasteiger partial charge in [-0.1, -0.05) is 51.5 Å². The first-order chi connectivity index (χ1) is 12.1. The molecule has 0 N–H and O–H groups in total. The maximum atomic E-state index is 5.62. The number of imidazole rings is 1. The lowest BCUT2D eigenvalue weighted by Gasteiger charge is -2.12. The SMILES string of the molecule is CCCCn1c(-c2ccc(C(C)C)cc2)nc2c(Br)ccc(OC)c21. The van der Waals surface area contributed by atoms with Crippen LogP contribution in [0.3, 0.4) is 0 Å². The Balaban J connectivity index is 2.21. The molecule has 0 fully saturated rings. The zero-order valence-electron chi connectivity index (χ0n) is 15.3. The third-order valence-electron chi connectivity index (χ3n) is 4.60. The summed E-state index contributed by atoms with van der Waals surface area (Å²) in [6.45, 7) is 7.57. The van der Waals surface area contributed by atoms with Crippen molar-refractivity contribution in [2.24, 2.45) is 0 Å². The predicted octanol–water partition coefficient (Wildman–Crippen LogP) is 6.40. The molecular formula is C21H25BrN2O. The lowest BCUT2D eigenvalue weighted by Crippen LogP contribution is -2.02. The van der Waals surface area contributed by atoms with Gasteiger partial charge in [-0.2, -0.15) is 0 Å². The van der Waals surface area contributed by atoms with Crippen LogP contribution in [-0.2, 0) is 6.54 Å². The molecule has 0 amide bonds. The Labute approximate surface area is 158 Å². The highest BCUT2D eigenvalue weighted by molar-refractivity contribution is 9.10. The van der Waals surface area contributed by atoms with E-state index in [0.29, 0.717) is 5.92 Å². The van der Waals surface area contributed by atoms with E-state index in [4.69, 9.17) is 9.72 Å². The number of nitrogens with zero attached hydrogens (tertiary/aromatic N) is 2. The van der Waals surface area contributed by atoms with Crippen molar-refractivity contribution in [2.75, 3.05) is 7.11 Å². The van der Waals surface area contributed by atoms with E-state index in [1.165, 1.54) is 5.56 Å². The van der Waals surface area contributed by atoms with E-state index in [9.17, 15) is 0 Å². The molecule has 25 heavy (non-hydrogen) atoms. The monoisotopic (exact) mass is 400 g/mol. The molecule has 0 aliphatic carbocycles. The Bertz CT molecular complexity index is 866. The summed E-state index contributed by atoms with van der Waals surface area (Å²) in [5.41, 5.74) is 4.51. The number of aromatic nitrogens is 2. The average Bonchev–Trinajstić information content (AvgIpc) is 3.01. The lowest BCUT2D eigenvalue weighted by atomic mass is 10.0. The molecule has 0 unspecified atom stereocenters. The molecule has 3 nitrogen and oxygen atoms in total. The first-order valence-corrected chi connectivity index (χ1v) is 9.69. The summed E-state index contributed by atoms with van der Waals surface area (Å²) in [5, 5.41) is 0. The van der Waals surface area contributed by atoms with Gasteiger partial charge in [0.1, 0.15) is 22.6 Å². The normalized spacial score (nSPS) is 11.4. The van der Waals surface area contributed by atoms with E-state index in [0.717, 1.165) is 52.0 Å². The van der Waals surface area contributed by atoms with E-state index in [2.05, 4.69) is 65.5 Å². The largest absolute Gasteiger partial charge is 0.494 e. The van der Waals surface area contributed by atoms with Crippen LogP contribution in [0.2, 0.25) is 0 Å². The van der Waals surface area contributed by atoms with Crippen LogP contribution in [-0.4, -0.2) is 16.7 Å². The summed E-state index contributed by atoms with van der Waals surface area (Å²) in [6, 6.07) is 12.8. The molecule has 2 aromatic carbocycles. The minimum atomic E-state index is 0.530. The minimum absolute atomic E-state index is 0.530. The number of hydrogen-bond acceptors (Lipinski definition) is 2. The fraction of sp³-hybridized carbons (Fsp3) is 0.381. The van der Waals surface area contributed by atoms with Gasteiger partial charge in [-0.3, -0.25) is 0 Å². The van der Waals surface area contributed by atoms with Crippen molar-refractivity contribution in [1.29, 1.82) is 0 Å². The molecule has 3 rings (SSSR count). The van der Waals surface area contributed by atoms with Crippen molar-refractivity contribution >= 4 is 27.0 Å². The fourth-order valence-electron chi connectivity index (χ4n) is 3.11. The van der Waals surface area contributed by atoms with Gasteiger partial charge in [0.15, 0.2) is 0 Å². The summed E-state index contributed by atoms with van der Waals surface area (Å²) < 4.78 is 8.92. The molecule has 3 aromatic rings. The van der Waals surface area contributed by atoms with Gasteiger partial charge in [0.2, 0.25) is 0 Å². The van der Waals surface area contributed by atoms with Crippen LogP contribution < -0.4 is 4.74 Å². The lowest BCUT2D eigenvalue weighted by molar-refractivity contribution is 0.417. The molecule has 0 radical (unpaired) electrons. The molecular weight excluding hydrogens is 376 g/mol. The summed E-state index contributed by atoms with van der Waals surface area (Å²) in [4.78, 5) is 4.95. The molecule has 132 valence electrons. The number of benzene rings is 2. The third kappa shape index (κ3) is 3.45. The van der Waals surface area contributed by atoms with E-state index in [1.54, 1.807) is 7.11 Å². The molecule has 0 atom stereocenters. The molecule has 0 aliphatic heterocycles. The molecule has 1 aromatic heterocycles. The summed E-state index contributed by atoms with van der Waals surface area (Å²) >= 11 is 3.65. The van der Waals surface area contributed by atoms with Gasteiger partial charge in [0.05, 0.1) is 7.11 Å². The summed E-state index contributed by atoms with van der Waals surface area (Å²) in [7, 11) is 1.72. The molecule has 0 bridgehead atoms. The number of hydrogen-bond donors (Lipinski definition) is 0. The Morgan fingerprint density at radius 2 is 1.84 bits per heavy atom. The second kappa shape index (κ2) is 7.61. The highest BCUT2D eigenvalue weighted by Crippen LogP contribution is 2.35. The van der Waals surface area contributed by atoms with Crippen LogP contribution in [0.15, 0.2) is 40.9 Å². The highest BCUT2D eigenvalue weighted by Gasteiger charge is 2.18. The number of methoxy groups -OCH3 is 1. The average molecular weight is 401 g/mol. The van der Waals surface area contributed by atoms with Crippen molar-refractivity contribution in [1.82, 2.24) is 9.55 Å². The Hall–Kier alpha value is -1.81. The van der Waals surface area contributed by atoms with Gasteiger partial charge in [0, 0.05) is 16.6 Å². The van der Waals surface area contributed by atoms with E-state index in [1.807, 2.05) is 12.1 Å². The summed E-state index contributed by atoms with van der Waals surface area (Å²) in [5.74, 6) is 2.40. The van der Waals surface area contributed by atoms with Crippen molar-refractivity contribution in [3.8, 4) is 17.1 Å². The number of aryl methyl sites for hydroxylation is 1. The Morgan fingerprint density at radius 1 is 1.12 bits per heavy atom. The molecule has 1 heterocycles. The van der Waals surface area contributed by atoms with Crippen LogP contribution in [0.1, 0.15) is 45.1 Å². The van der Waals surface area contributed by atoms with Gasteiger partial charge < -0.3 is 9.30 Å². The number of rotatable bonds is 6. The quantitative estimate of drug-likeness (QED) is 0.478. The topological polar surface area (TPSA) is 27.1 Å². The second-order valence-corrected chi connectivity index (χ2v) is 7.52. The molecule has 0 aliphatic rings. The molecule has 0 saturated carbocycles. The Morgan fingerprint density at radius 3 is 2.44 bits per heavy atom. The number of unbranched alkanes of at least 4 members (excludes halogenated alkanes) is 1. The fourth-order valence-corrected chi connectivity index (χ4v) is 3.52. The maximum absolute atomic E-state index is 5.62. The highest BCUT2D eigenvalue weighted by atomic mass is 79.9. The second-order valence-electron chi connectivity index (χ2n) is 6.66. The minimum Gasteiger partial charge on any atom is -0.494 e. The van der Waals surface area contributed by atoms with E-state index < -0.39 is 0 Å². The van der Waals surface area contributed by atoms with E-state index in [-0.39, 0.29) is 0 Å². The van der Waals surface area contributed by atoms with Crippen molar-refractivity contribution in [2.45, 2.75) is 46.1 Å². The van der Waals surface area contributed by atoms with Gasteiger partial charge in [-0.25, -0.2) is 4.98 Å². The van der Waals surface area contributed by atoms with Crippen LogP contribution >= 0.6 is 15.9 Å². The van der Waals surface area contributed by atoms with Gasteiger partial charge in [-0.15, -0.1) is 0 Å². The smallest absolute Gasteiger partial charge is 0.144 e. The zero-order valence-corrected chi connectivity index (χ0v) is 16.9. The van der Waals surface area contributed by atoms with Crippen molar-refractivity contribution < 1.29 is 4.74 Å². The third-order valence-corrected chi connectivity index (χ3v) is 5.24. The van der Waals surface area contributed by atoms with Crippen molar-refractivity contribution in [3.05, 3.63) is 46.4 Å². The van der Waals surface area contributed by atoms with Crippen molar-refractivity contribution in [3.63, 3.8) is 0 Å². The zero-order chi connectivity index (χ0) is 18.0. The van der Waals surface area contributed by atoms with E-state index >= 15 is 0 Å². The van der Waals surface area contributed by atoms with Crippen LogP contribution in [0.25, 0.3) is 22.4 Å². The van der Waals surface area contributed by atoms with Gasteiger partial charge >= 0.3 is 0 Å². The van der Waals surface area contributed by atoms with Crippen LogP contribution in [0, 0.1) is 0 Å². The molecule has 0 spiro atoms. The number of fused-ring (bicyclic) bond motifs is 1. The van der Waals surface area contributed by atoms with Gasteiger partial charge in [0.25, 0.3) is 0 Å².